The van der Waals surface area contributed by atoms with Crippen LogP contribution in [0, 0.1) is 6.92 Å². The van der Waals surface area contributed by atoms with Crippen LogP contribution in [0.2, 0.25) is 5.02 Å². The molecular formula is C29H38ClNO4S. The third kappa shape index (κ3) is 10.4. The van der Waals surface area contributed by atoms with Gasteiger partial charge in [0.1, 0.15) is 16.4 Å². The maximum Gasteiger partial charge on any atom is 0.348 e. The number of hydrogen-bond donors (Lipinski definition) is 1. The van der Waals surface area contributed by atoms with Crippen molar-refractivity contribution in [2.45, 2.75) is 60.3 Å². The Bertz CT molecular complexity index is 1080. The van der Waals surface area contributed by atoms with Gasteiger partial charge in [-0.05, 0) is 78.9 Å². The SMILES string of the molecule is CC.CC/C(=C\c1sc(C(=O)OC)cc1C)c1ccc(O)cc1Cl.CCCCCOc1cccnc1. The molecule has 0 amide bonds. The molecule has 3 rings (SSSR count). The van der Waals surface area contributed by atoms with Gasteiger partial charge in [-0.2, -0.15) is 0 Å². The highest BCUT2D eigenvalue weighted by atomic mass is 35.5. The van der Waals surface area contributed by atoms with E-state index in [1.165, 1.54) is 37.4 Å². The van der Waals surface area contributed by atoms with E-state index in [-0.39, 0.29) is 11.7 Å². The number of aryl methyl sites for hydroxylation is 1. The number of aromatic nitrogens is 1. The fraction of sp³-hybridized carbons (Fsp3) is 0.379. The van der Waals surface area contributed by atoms with Gasteiger partial charge in [0.15, 0.2) is 0 Å². The number of esters is 1. The van der Waals surface area contributed by atoms with Gasteiger partial charge in [0, 0.05) is 11.1 Å². The minimum Gasteiger partial charge on any atom is -0.508 e. The number of benzene rings is 1. The van der Waals surface area contributed by atoms with Crippen molar-refractivity contribution in [2.75, 3.05) is 13.7 Å². The van der Waals surface area contributed by atoms with E-state index in [1.807, 2.05) is 52.0 Å². The number of carbonyl (C=O) groups is 1. The third-order valence-electron chi connectivity index (χ3n) is 4.98. The van der Waals surface area contributed by atoms with Gasteiger partial charge in [-0.3, -0.25) is 4.98 Å². The Labute approximate surface area is 224 Å². The van der Waals surface area contributed by atoms with E-state index < -0.39 is 0 Å². The second kappa shape index (κ2) is 17.6. The molecule has 0 fully saturated rings. The molecule has 0 spiro atoms. The lowest BCUT2D eigenvalue weighted by atomic mass is 10.0. The standard InChI is InChI=1S/C17H17ClO3S.C10H15NO.C2H6/c1-4-11(13-6-5-12(19)9-14(13)18)8-15-10(2)7-16(22-15)17(20)21-3;1-2-3-4-8-12-10-6-5-7-11-9-10;1-2/h5-9,19H,4H2,1-3H3;5-7,9H,2-4,8H2,1H3;1-2H3/b11-8+;;. The summed E-state index contributed by atoms with van der Waals surface area (Å²) in [6.45, 7) is 11.0. The van der Waals surface area contributed by atoms with Crippen LogP contribution in [0.3, 0.4) is 0 Å². The number of phenolic OH excluding ortho intramolecular Hbond substituents is 1. The molecule has 0 saturated heterocycles. The van der Waals surface area contributed by atoms with E-state index >= 15 is 0 Å². The minimum atomic E-state index is -0.325. The summed E-state index contributed by atoms with van der Waals surface area (Å²) in [5.41, 5.74) is 2.95. The van der Waals surface area contributed by atoms with Crippen molar-refractivity contribution in [2.24, 2.45) is 0 Å². The predicted molar refractivity (Wildman–Crippen MR) is 152 cm³/mol. The smallest absolute Gasteiger partial charge is 0.348 e. The number of pyridine rings is 1. The third-order valence-corrected chi connectivity index (χ3v) is 6.46. The first-order valence-corrected chi connectivity index (χ1v) is 13.5. The molecule has 0 saturated carbocycles. The zero-order chi connectivity index (χ0) is 26.9. The summed E-state index contributed by atoms with van der Waals surface area (Å²) in [7, 11) is 1.38. The Balaban J connectivity index is 0.000000391. The van der Waals surface area contributed by atoms with Crippen LogP contribution in [0.5, 0.6) is 11.5 Å². The van der Waals surface area contributed by atoms with E-state index in [0.29, 0.717) is 9.90 Å². The van der Waals surface area contributed by atoms with Crippen LogP contribution < -0.4 is 4.74 Å². The monoisotopic (exact) mass is 531 g/mol. The molecule has 196 valence electrons. The molecule has 0 unspecified atom stereocenters. The molecular weight excluding hydrogens is 494 g/mol. The van der Waals surface area contributed by atoms with Crippen molar-refractivity contribution in [3.63, 3.8) is 0 Å². The van der Waals surface area contributed by atoms with Crippen molar-refractivity contribution in [1.82, 2.24) is 4.98 Å². The number of phenols is 1. The van der Waals surface area contributed by atoms with E-state index in [0.717, 1.165) is 46.8 Å². The number of halogens is 1. The van der Waals surface area contributed by atoms with Crippen LogP contribution in [0.1, 0.15) is 79.1 Å². The number of ether oxygens (including phenoxy) is 2. The van der Waals surface area contributed by atoms with E-state index in [1.54, 1.807) is 24.5 Å². The molecule has 2 heterocycles. The molecule has 0 aliphatic heterocycles. The van der Waals surface area contributed by atoms with Crippen LogP contribution >= 0.6 is 22.9 Å². The van der Waals surface area contributed by atoms with Crippen molar-refractivity contribution in [1.29, 1.82) is 0 Å². The fourth-order valence-electron chi connectivity index (χ4n) is 3.11. The van der Waals surface area contributed by atoms with Crippen molar-refractivity contribution >= 4 is 40.6 Å². The number of nitrogens with zero attached hydrogens (tertiary/aromatic N) is 1. The number of hydrogen-bond acceptors (Lipinski definition) is 6. The summed E-state index contributed by atoms with van der Waals surface area (Å²) < 4.78 is 10.2. The van der Waals surface area contributed by atoms with Gasteiger partial charge in [0.05, 0.1) is 24.9 Å². The van der Waals surface area contributed by atoms with Crippen LogP contribution in [0.4, 0.5) is 0 Å². The average molecular weight is 532 g/mol. The second-order valence-electron chi connectivity index (χ2n) is 7.58. The maximum absolute atomic E-state index is 11.6. The van der Waals surface area contributed by atoms with Crippen molar-refractivity contribution in [3.8, 4) is 11.5 Å². The highest BCUT2D eigenvalue weighted by Crippen LogP contribution is 2.33. The first kappa shape index (κ1) is 31.2. The fourth-order valence-corrected chi connectivity index (χ4v) is 4.46. The highest BCUT2D eigenvalue weighted by Gasteiger charge is 2.13. The first-order chi connectivity index (χ1) is 17.4. The summed E-state index contributed by atoms with van der Waals surface area (Å²) in [5.74, 6) is 0.687. The normalized spacial score (nSPS) is 10.5. The first-order valence-electron chi connectivity index (χ1n) is 12.3. The van der Waals surface area contributed by atoms with Crippen molar-refractivity contribution in [3.05, 3.63) is 74.7 Å². The quantitative estimate of drug-likeness (QED) is 0.220. The summed E-state index contributed by atoms with van der Waals surface area (Å²) in [4.78, 5) is 17.2. The Kier molecular flexibility index (Phi) is 15.2. The van der Waals surface area contributed by atoms with E-state index in [4.69, 9.17) is 21.1 Å². The molecule has 1 N–H and O–H groups in total. The van der Waals surface area contributed by atoms with E-state index in [9.17, 15) is 9.90 Å². The lowest BCUT2D eigenvalue weighted by Gasteiger charge is -2.08. The number of carbonyl (C=O) groups excluding carboxylic acids is 1. The van der Waals surface area contributed by atoms with Gasteiger partial charge in [0.2, 0.25) is 0 Å². The van der Waals surface area contributed by atoms with E-state index in [2.05, 4.69) is 11.9 Å². The average Bonchev–Trinajstić information content (AvgIpc) is 3.27. The Morgan fingerprint density at radius 2 is 1.92 bits per heavy atom. The molecule has 1 aromatic carbocycles. The topological polar surface area (TPSA) is 68.7 Å². The minimum absolute atomic E-state index is 0.143. The summed E-state index contributed by atoms with van der Waals surface area (Å²) in [5, 5.41) is 9.97. The second-order valence-corrected chi connectivity index (χ2v) is 9.07. The van der Waals surface area contributed by atoms with Crippen LogP contribution in [-0.4, -0.2) is 29.8 Å². The Hall–Kier alpha value is -2.83. The molecule has 3 aromatic rings. The largest absolute Gasteiger partial charge is 0.508 e. The van der Waals surface area contributed by atoms with Crippen LogP contribution in [0.15, 0.2) is 48.8 Å². The molecule has 0 radical (unpaired) electrons. The van der Waals surface area contributed by atoms with Gasteiger partial charge >= 0.3 is 5.97 Å². The van der Waals surface area contributed by atoms with Gasteiger partial charge in [-0.1, -0.05) is 52.1 Å². The Morgan fingerprint density at radius 3 is 2.50 bits per heavy atom. The van der Waals surface area contributed by atoms with Gasteiger partial charge in [-0.15, -0.1) is 11.3 Å². The highest BCUT2D eigenvalue weighted by molar-refractivity contribution is 7.15. The van der Waals surface area contributed by atoms with Gasteiger partial charge in [-0.25, -0.2) is 4.79 Å². The molecule has 0 aliphatic rings. The molecule has 0 atom stereocenters. The maximum atomic E-state index is 11.6. The summed E-state index contributed by atoms with van der Waals surface area (Å²) in [6, 6.07) is 10.6. The van der Waals surface area contributed by atoms with Crippen LogP contribution in [-0.2, 0) is 4.74 Å². The Morgan fingerprint density at radius 1 is 1.17 bits per heavy atom. The number of thiophene rings is 1. The molecule has 36 heavy (non-hydrogen) atoms. The lowest BCUT2D eigenvalue weighted by molar-refractivity contribution is 0.0606. The number of unbranched alkanes of at least 4 members (excludes halogenated alkanes) is 2. The predicted octanol–water partition coefficient (Wildman–Crippen LogP) is 8.83. The number of allylic oxidation sites excluding steroid dienone is 1. The zero-order valence-corrected chi connectivity index (χ0v) is 23.7. The van der Waals surface area contributed by atoms with Gasteiger partial charge < -0.3 is 14.6 Å². The van der Waals surface area contributed by atoms with Crippen molar-refractivity contribution < 1.29 is 19.4 Å². The lowest BCUT2D eigenvalue weighted by Crippen LogP contribution is -1.96. The summed E-state index contributed by atoms with van der Waals surface area (Å²) in [6.07, 6.45) is 9.91. The van der Waals surface area contributed by atoms with Crippen LogP contribution in [0.25, 0.3) is 11.6 Å². The molecule has 0 bridgehead atoms. The molecule has 7 heteroatoms. The number of methoxy groups -OCH3 is 1. The number of aromatic hydroxyl groups is 1. The zero-order valence-electron chi connectivity index (χ0n) is 22.1. The molecule has 2 aromatic heterocycles. The molecule has 5 nitrogen and oxygen atoms in total. The molecule has 0 aliphatic carbocycles. The van der Waals surface area contributed by atoms with Gasteiger partial charge in [0.25, 0.3) is 0 Å². The summed E-state index contributed by atoms with van der Waals surface area (Å²) >= 11 is 7.61. The number of rotatable bonds is 9.